The molecule has 0 aromatic heterocycles. The number of phenols is 2. The van der Waals surface area contributed by atoms with Gasteiger partial charge in [-0.1, -0.05) is 97.1 Å². The van der Waals surface area contributed by atoms with E-state index < -0.39 is 0 Å². The maximum absolute atomic E-state index is 9.56. The summed E-state index contributed by atoms with van der Waals surface area (Å²) in [6.07, 6.45) is 0. The monoisotopic (exact) mass is 364 g/mol. The van der Waals surface area contributed by atoms with Gasteiger partial charge in [0.2, 0.25) is 0 Å². The Labute approximate surface area is 182 Å². The van der Waals surface area contributed by atoms with Crippen molar-refractivity contribution in [3.05, 3.63) is 109 Å². The summed E-state index contributed by atoms with van der Waals surface area (Å²) in [4.78, 5) is 0. The molecule has 2 nitrogen and oxygen atoms in total. The van der Waals surface area contributed by atoms with E-state index in [-0.39, 0.29) is 29.6 Å². The van der Waals surface area contributed by atoms with Gasteiger partial charge in [-0.25, -0.2) is 0 Å². The standard InChI is InChI=1S/2C12H10O.Na.H/c2*13-12-9-5-4-8-11(12)10-6-2-1-3-7-10;;/h2*1-9,13H;;. The molecular formula is C24H21NaO2. The Morgan fingerprint density at radius 2 is 0.667 bits per heavy atom. The van der Waals surface area contributed by atoms with Gasteiger partial charge in [0.15, 0.2) is 0 Å². The van der Waals surface area contributed by atoms with E-state index in [1.807, 2.05) is 97.1 Å². The third kappa shape index (κ3) is 5.73. The summed E-state index contributed by atoms with van der Waals surface area (Å²) in [5, 5.41) is 19.1. The summed E-state index contributed by atoms with van der Waals surface area (Å²) in [7, 11) is 0. The number of hydrogen-bond acceptors (Lipinski definition) is 2. The topological polar surface area (TPSA) is 40.5 Å². The third-order valence-corrected chi connectivity index (χ3v) is 3.98. The molecule has 4 aromatic carbocycles. The van der Waals surface area contributed by atoms with Crippen LogP contribution in [-0.4, -0.2) is 39.8 Å². The Balaban J connectivity index is 0.000000187. The first kappa shape index (κ1) is 20.8. The summed E-state index contributed by atoms with van der Waals surface area (Å²) in [5.41, 5.74) is 3.84. The van der Waals surface area contributed by atoms with Gasteiger partial charge in [-0.3, -0.25) is 0 Å². The van der Waals surface area contributed by atoms with Gasteiger partial charge in [0.1, 0.15) is 11.5 Å². The zero-order valence-corrected chi connectivity index (χ0v) is 14.3. The molecule has 0 spiro atoms. The van der Waals surface area contributed by atoms with Crippen LogP contribution in [0.3, 0.4) is 0 Å². The van der Waals surface area contributed by atoms with Gasteiger partial charge < -0.3 is 10.2 Å². The molecule has 0 amide bonds. The summed E-state index contributed by atoms with van der Waals surface area (Å²) in [6.45, 7) is 0. The third-order valence-electron chi connectivity index (χ3n) is 3.98. The molecule has 2 N–H and O–H groups in total. The van der Waals surface area contributed by atoms with Crippen molar-refractivity contribution in [3.8, 4) is 33.8 Å². The molecule has 0 fully saturated rings. The van der Waals surface area contributed by atoms with Crippen molar-refractivity contribution >= 4 is 29.6 Å². The molecule has 0 aliphatic heterocycles. The normalized spacial score (nSPS) is 9.48. The first-order valence-electron chi connectivity index (χ1n) is 8.42. The summed E-state index contributed by atoms with van der Waals surface area (Å²) < 4.78 is 0. The van der Waals surface area contributed by atoms with Gasteiger partial charge in [0.25, 0.3) is 0 Å². The van der Waals surface area contributed by atoms with E-state index in [1.54, 1.807) is 12.1 Å². The van der Waals surface area contributed by atoms with E-state index in [0.717, 1.165) is 22.3 Å². The molecule has 0 saturated heterocycles. The Morgan fingerprint density at radius 3 is 1.00 bits per heavy atom. The molecule has 130 valence electrons. The molecule has 0 unspecified atom stereocenters. The molecule has 0 atom stereocenters. The van der Waals surface area contributed by atoms with Crippen LogP contribution in [0.15, 0.2) is 109 Å². The van der Waals surface area contributed by atoms with Crippen molar-refractivity contribution in [3.63, 3.8) is 0 Å². The Bertz CT molecular complexity index is 873. The number of aromatic hydroxyl groups is 2. The van der Waals surface area contributed by atoms with Crippen molar-refractivity contribution in [2.45, 2.75) is 0 Å². The summed E-state index contributed by atoms with van der Waals surface area (Å²) in [6, 6.07) is 34.4. The van der Waals surface area contributed by atoms with Crippen LogP contribution in [0.2, 0.25) is 0 Å². The first-order valence-corrected chi connectivity index (χ1v) is 8.42. The predicted molar refractivity (Wildman–Crippen MR) is 114 cm³/mol. The zero-order chi connectivity index (χ0) is 18.2. The van der Waals surface area contributed by atoms with Gasteiger partial charge in [0, 0.05) is 11.1 Å². The van der Waals surface area contributed by atoms with Gasteiger partial charge >= 0.3 is 29.6 Å². The van der Waals surface area contributed by atoms with Crippen LogP contribution >= 0.6 is 0 Å². The Kier molecular flexibility index (Phi) is 8.15. The average Bonchev–Trinajstić information content (AvgIpc) is 2.71. The number of rotatable bonds is 2. The summed E-state index contributed by atoms with van der Waals surface area (Å²) >= 11 is 0. The number of hydrogen-bond donors (Lipinski definition) is 2. The molecule has 0 aliphatic rings. The number of benzene rings is 4. The van der Waals surface area contributed by atoms with E-state index in [2.05, 4.69) is 0 Å². The van der Waals surface area contributed by atoms with Gasteiger partial charge in [-0.2, -0.15) is 0 Å². The average molecular weight is 364 g/mol. The molecule has 27 heavy (non-hydrogen) atoms. The van der Waals surface area contributed by atoms with Crippen LogP contribution in [0.25, 0.3) is 22.3 Å². The second kappa shape index (κ2) is 10.6. The Hall–Kier alpha value is -2.52. The number of para-hydroxylation sites is 2. The van der Waals surface area contributed by atoms with Gasteiger partial charge in [0.05, 0.1) is 0 Å². The molecule has 3 heteroatoms. The SMILES string of the molecule is Oc1ccccc1-c1ccccc1.Oc1ccccc1-c1ccccc1.[NaH]. The zero-order valence-electron chi connectivity index (χ0n) is 14.3. The van der Waals surface area contributed by atoms with Crippen LogP contribution in [0.1, 0.15) is 0 Å². The fraction of sp³-hybridized carbons (Fsp3) is 0. The van der Waals surface area contributed by atoms with Crippen LogP contribution in [0.5, 0.6) is 11.5 Å². The quantitative estimate of drug-likeness (QED) is 0.463. The first-order chi connectivity index (χ1) is 12.8. The van der Waals surface area contributed by atoms with Crippen LogP contribution < -0.4 is 0 Å². The molecule has 0 bridgehead atoms. The molecule has 4 aromatic rings. The predicted octanol–water partition coefficient (Wildman–Crippen LogP) is 5.47. The van der Waals surface area contributed by atoms with Crippen LogP contribution in [0, 0.1) is 0 Å². The van der Waals surface area contributed by atoms with Crippen LogP contribution in [-0.2, 0) is 0 Å². The van der Waals surface area contributed by atoms with E-state index >= 15 is 0 Å². The van der Waals surface area contributed by atoms with Crippen molar-refractivity contribution in [1.82, 2.24) is 0 Å². The Morgan fingerprint density at radius 1 is 0.370 bits per heavy atom. The summed E-state index contributed by atoms with van der Waals surface area (Å²) in [5.74, 6) is 0.655. The number of phenolic OH excluding ortho intramolecular Hbond substituents is 2. The van der Waals surface area contributed by atoms with Crippen molar-refractivity contribution in [2.24, 2.45) is 0 Å². The van der Waals surface area contributed by atoms with Crippen molar-refractivity contribution in [1.29, 1.82) is 0 Å². The molecule has 4 rings (SSSR count). The molecule has 0 saturated carbocycles. The van der Waals surface area contributed by atoms with Crippen molar-refractivity contribution in [2.75, 3.05) is 0 Å². The van der Waals surface area contributed by atoms with Gasteiger partial charge in [-0.15, -0.1) is 0 Å². The second-order valence-electron chi connectivity index (χ2n) is 5.77. The second-order valence-corrected chi connectivity index (χ2v) is 5.77. The van der Waals surface area contributed by atoms with Crippen LogP contribution in [0.4, 0.5) is 0 Å². The van der Waals surface area contributed by atoms with Gasteiger partial charge in [-0.05, 0) is 23.3 Å². The fourth-order valence-electron chi connectivity index (χ4n) is 2.67. The van der Waals surface area contributed by atoms with E-state index in [9.17, 15) is 10.2 Å². The molecule has 0 heterocycles. The van der Waals surface area contributed by atoms with E-state index in [0.29, 0.717) is 11.5 Å². The maximum atomic E-state index is 9.56. The molecule has 0 radical (unpaired) electrons. The minimum absolute atomic E-state index is 0. The molecule has 0 aliphatic carbocycles. The van der Waals surface area contributed by atoms with E-state index in [4.69, 9.17) is 0 Å². The minimum atomic E-state index is 0. The molecular weight excluding hydrogens is 343 g/mol. The van der Waals surface area contributed by atoms with E-state index in [1.165, 1.54) is 0 Å². The fourth-order valence-corrected chi connectivity index (χ4v) is 2.67. The van der Waals surface area contributed by atoms with Crippen molar-refractivity contribution < 1.29 is 10.2 Å².